The molecule has 2 heterocycles. The quantitative estimate of drug-likeness (QED) is 0.870. The van der Waals surface area contributed by atoms with Gasteiger partial charge in [-0.25, -0.2) is 9.97 Å². The molecule has 1 aromatic heterocycles. The average molecular weight is 291 g/mol. The Morgan fingerprint density at radius 2 is 1.95 bits per heavy atom. The van der Waals surface area contributed by atoms with Crippen molar-refractivity contribution in [3.05, 3.63) is 18.0 Å². The molecule has 2 rings (SSSR count). The van der Waals surface area contributed by atoms with Crippen LogP contribution in [0.15, 0.2) is 12.4 Å². The van der Waals surface area contributed by atoms with E-state index in [0.29, 0.717) is 23.9 Å². The van der Waals surface area contributed by atoms with Crippen molar-refractivity contribution in [2.45, 2.75) is 64.6 Å². The van der Waals surface area contributed by atoms with Crippen LogP contribution in [0.4, 0.5) is 5.95 Å². The smallest absolute Gasteiger partial charge is 0.222 e. The van der Waals surface area contributed by atoms with Crippen LogP contribution in [-0.4, -0.2) is 46.1 Å². The predicted octanol–water partition coefficient (Wildman–Crippen LogP) is 2.21. The largest absolute Gasteiger partial charge is 0.350 e. The summed E-state index contributed by atoms with van der Waals surface area (Å²) >= 11 is 0. The lowest BCUT2D eigenvalue weighted by atomic mass is 10.0. The third-order valence-electron chi connectivity index (χ3n) is 4.43. The topological polar surface area (TPSA) is 67.1 Å². The number of rotatable bonds is 5. The molecule has 3 N–H and O–H groups in total. The van der Waals surface area contributed by atoms with E-state index >= 15 is 0 Å². The fraction of sp³-hybridized carbons (Fsp3) is 0.750. The molecule has 1 aromatic rings. The first-order chi connectivity index (χ1) is 9.99. The fourth-order valence-electron chi connectivity index (χ4n) is 2.78. The summed E-state index contributed by atoms with van der Waals surface area (Å²) in [6.45, 7) is 10.8. The SMILES string of the molecule is CCC(C)c1cnc(NC2CC(N)CN(C(C)C)C2)nc1. The van der Waals surface area contributed by atoms with Crippen molar-refractivity contribution in [1.29, 1.82) is 0 Å². The van der Waals surface area contributed by atoms with Gasteiger partial charge in [-0.15, -0.1) is 0 Å². The number of likely N-dealkylation sites (tertiary alicyclic amines) is 1. The van der Waals surface area contributed by atoms with Gasteiger partial charge in [0.2, 0.25) is 5.95 Å². The highest BCUT2D eigenvalue weighted by Crippen LogP contribution is 2.18. The van der Waals surface area contributed by atoms with Crippen LogP contribution in [0.25, 0.3) is 0 Å². The summed E-state index contributed by atoms with van der Waals surface area (Å²) in [7, 11) is 0. The van der Waals surface area contributed by atoms with Crippen LogP contribution in [-0.2, 0) is 0 Å². The Labute approximate surface area is 128 Å². The van der Waals surface area contributed by atoms with Crippen molar-refractivity contribution >= 4 is 5.95 Å². The van der Waals surface area contributed by atoms with Crippen LogP contribution in [0.2, 0.25) is 0 Å². The highest BCUT2D eigenvalue weighted by molar-refractivity contribution is 5.28. The van der Waals surface area contributed by atoms with Crippen molar-refractivity contribution < 1.29 is 0 Å². The third-order valence-corrected chi connectivity index (χ3v) is 4.43. The molecule has 0 amide bonds. The van der Waals surface area contributed by atoms with Crippen molar-refractivity contribution in [2.24, 2.45) is 5.73 Å². The first-order valence-electron chi connectivity index (χ1n) is 8.07. The monoisotopic (exact) mass is 291 g/mol. The fourth-order valence-corrected chi connectivity index (χ4v) is 2.78. The zero-order valence-electron chi connectivity index (χ0n) is 13.7. The maximum absolute atomic E-state index is 6.17. The Bertz CT molecular complexity index is 431. The molecule has 0 spiro atoms. The lowest BCUT2D eigenvalue weighted by Crippen LogP contribution is -2.53. The number of hydrogen-bond acceptors (Lipinski definition) is 5. The molecule has 118 valence electrons. The van der Waals surface area contributed by atoms with E-state index in [2.05, 4.69) is 47.9 Å². The lowest BCUT2D eigenvalue weighted by Gasteiger charge is -2.38. The average Bonchev–Trinajstić information content (AvgIpc) is 2.46. The van der Waals surface area contributed by atoms with E-state index in [-0.39, 0.29) is 6.04 Å². The second kappa shape index (κ2) is 7.18. The summed E-state index contributed by atoms with van der Waals surface area (Å²) in [5.41, 5.74) is 7.37. The molecule has 0 aliphatic carbocycles. The van der Waals surface area contributed by atoms with Gasteiger partial charge in [0, 0.05) is 43.6 Å². The van der Waals surface area contributed by atoms with E-state index in [1.807, 2.05) is 12.4 Å². The molecule has 3 unspecified atom stereocenters. The van der Waals surface area contributed by atoms with Gasteiger partial charge in [0.1, 0.15) is 0 Å². The summed E-state index contributed by atoms with van der Waals surface area (Å²) in [6, 6.07) is 1.07. The number of nitrogens with one attached hydrogen (secondary N) is 1. The van der Waals surface area contributed by atoms with Gasteiger partial charge in [0.25, 0.3) is 0 Å². The number of nitrogens with two attached hydrogens (primary N) is 1. The van der Waals surface area contributed by atoms with Gasteiger partial charge in [-0.3, -0.25) is 4.90 Å². The van der Waals surface area contributed by atoms with Crippen LogP contribution in [0.5, 0.6) is 0 Å². The maximum atomic E-state index is 6.17. The molecule has 0 aromatic carbocycles. The second-order valence-electron chi connectivity index (χ2n) is 6.53. The standard InChI is InChI=1S/C16H29N5/c1-5-12(4)13-7-18-16(19-8-13)20-15-6-14(17)9-21(10-15)11(2)3/h7-8,11-12,14-15H,5-6,9-10,17H2,1-4H3,(H,18,19,20). The van der Waals surface area contributed by atoms with Gasteiger partial charge in [0.15, 0.2) is 0 Å². The molecule has 3 atom stereocenters. The van der Waals surface area contributed by atoms with Crippen molar-refractivity contribution in [2.75, 3.05) is 18.4 Å². The first kappa shape index (κ1) is 16.2. The Kier molecular flexibility index (Phi) is 5.53. The highest BCUT2D eigenvalue weighted by atomic mass is 15.2. The zero-order chi connectivity index (χ0) is 15.4. The van der Waals surface area contributed by atoms with Gasteiger partial charge in [0.05, 0.1) is 0 Å². The molecule has 1 aliphatic heterocycles. The minimum atomic E-state index is 0.220. The van der Waals surface area contributed by atoms with Crippen molar-refractivity contribution in [3.63, 3.8) is 0 Å². The number of anilines is 1. The Balaban J connectivity index is 1.97. The molecule has 1 aliphatic rings. The van der Waals surface area contributed by atoms with E-state index < -0.39 is 0 Å². The van der Waals surface area contributed by atoms with E-state index in [1.165, 1.54) is 5.56 Å². The van der Waals surface area contributed by atoms with Crippen LogP contribution in [0.1, 0.15) is 52.0 Å². The molecule has 0 saturated carbocycles. The summed E-state index contributed by atoms with van der Waals surface area (Å²) in [5, 5.41) is 3.44. The molecule has 1 saturated heterocycles. The minimum absolute atomic E-state index is 0.220. The number of aromatic nitrogens is 2. The third kappa shape index (κ3) is 4.38. The van der Waals surface area contributed by atoms with E-state index in [1.54, 1.807) is 0 Å². The molecular weight excluding hydrogens is 262 g/mol. The van der Waals surface area contributed by atoms with E-state index in [4.69, 9.17) is 5.73 Å². The normalized spacial score (nSPS) is 25.0. The molecule has 5 nitrogen and oxygen atoms in total. The van der Waals surface area contributed by atoms with Crippen molar-refractivity contribution in [1.82, 2.24) is 14.9 Å². The lowest BCUT2D eigenvalue weighted by molar-refractivity contribution is 0.159. The molecule has 0 bridgehead atoms. The van der Waals surface area contributed by atoms with Gasteiger partial charge >= 0.3 is 0 Å². The van der Waals surface area contributed by atoms with E-state index in [0.717, 1.165) is 25.9 Å². The predicted molar refractivity (Wildman–Crippen MR) is 87.5 cm³/mol. The minimum Gasteiger partial charge on any atom is -0.350 e. The Hall–Kier alpha value is -1.20. The van der Waals surface area contributed by atoms with Crippen LogP contribution in [0, 0.1) is 0 Å². The van der Waals surface area contributed by atoms with Crippen LogP contribution >= 0.6 is 0 Å². The summed E-state index contributed by atoms with van der Waals surface area (Å²) < 4.78 is 0. The Morgan fingerprint density at radius 3 is 2.52 bits per heavy atom. The summed E-state index contributed by atoms with van der Waals surface area (Å²) in [4.78, 5) is 11.3. The van der Waals surface area contributed by atoms with Gasteiger partial charge in [-0.1, -0.05) is 13.8 Å². The van der Waals surface area contributed by atoms with E-state index in [9.17, 15) is 0 Å². The maximum Gasteiger partial charge on any atom is 0.222 e. The zero-order valence-corrected chi connectivity index (χ0v) is 13.7. The van der Waals surface area contributed by atoms with Crippen LogP contribution in [0.3, 0.4) is 0 Å². The number of piperidine rings is 1. The second-order valence-corrected chi connectivity index (χ2v) is 6.53. The number of hydrogen-bond donors (Lipinski definition) is 2. The van der Waals surface area contributed by atoms with Gasteiger partial charge < -0.3 is 11.1 Å². The summed E-state index contributed by atoms with van der Waals surface area (Å²) in [5.74, 6) is 1.23. The molecule has 1 fully saturated rings. The van der Waals surface area contributed by atoms with Gasteiger partial charge in [-0.2, -0.15) is 0 Å². The summed E-state index contributed by atoms with van der Waals surface area (Å²) in [6.07, 6.45) is 5.95. The first-order valence-corrected chi connectivity index (χ1v) is 8.07. The van der Waals surface area contributed by atoms with Gasteiger partial charge in [-0.05, 0) is 38.2 Å². The molecule has 0 radical (unpaired) electrons. The molecule has 5 heteroatoms. The highest BCUT2D eigenvalue weighted by Gasteiger charge is 2.26. The van der Waals surface area contributed by atoms with Crippen LogP contribution < -0.4 is 11.1 Å². The molecule has 21 heavy (non-hydrogen) atoms. The van der Waals surface area contributed by atoms with Crippen molar-refractivity contribution in [3.8, 4) is 0 Å². The Morgan fingerprint density at radius 1 is 1.29 bits per heavy atom. The molecular formula is C16H29N5. The number of nitrogens with zero attached hydrogens (tertiary/aromatic N) is 3.